The molecule has 1 fully saturated rings. The maximum Gasteiger partial charge on any atom is 0.306 e. The summed E-state index contributed by atoms with van der Waals surface area (Å²) in [6, 6.07) is 3.60. The number of aromatic nitrogens is 1. The first-order valence-electron chi connectivity index (χ1n) is 7.09. The highest BCUT2D eigenvalue weighted by molar-refractivity contribution is 5.79. The van der Waals surface area contributed by atoms with Crippen molar-refractivity contribution in [1.29, 1.82) is 0 Å². The molecule has 0 spiro atoms. The van der Waals surface area contributed by atoms with Crippen LogP contribution in [0.5, 0.6) is 5.88 Å². The van der Waals surface area contributed by atoms with Crippen LogP contribution < -0.4 is 10.1 Å². The van der Waals surface area contributed by atoms with E-state index in [1.807, 2.05) is 6.07 Å². The largest absolute Gasteiger partial charge is 0.481 e. The normalized spacial score (nSPS) is 21.6. The molecule has 0 radical (unpaired) electrons. The Labute approximate surface area is 123 Å². The minimum absolute atomic E-state index is 0.00498. The van der Waals surface area contributed by atoms with Gasteiger partial charge in [0.1, 0.15) is 0 Å². The number of carbonyl (C=O) groups is 2. The summed E-state index contributed by atoms with van der Waals surface area (Å²) in [6.45, 7) is 0.427. The van der Waals surface area contributed by atoms with Gasteiger partial charge in [-0.25, -0.2) is 4.98 Å². The van der Waals surface area contributed by atoms with E-state index in [0.29, 0.717) is 38.1 Å². The summed E-state index contributed by atoms with van der Waals surface area (Å²) in [7, 11) is 1.55. The fourth-order valence-corrected chi connectivity index (χ4v) is 2.61. The van der Waals surface area contributed by atoms with E-state index in [9.17, 15) is 9.59 Å². The highest BCUT2D eigenvalue weighted by Gasteiger charge is 2.29. The van der Waals surface area contributed by atoms with Crippen molar-refractivity contribution in [3.63, 3.8) is 0 Å². The minimum atomic E-state index is -0.752. The number of rotatable bonds is 5. The molecular weight excluding hydrogens is 272 g/mol. The molecule has 0 aromatic carbocycles. The number of carbonyl (C=O) groups excluding carboxylic acids is 1. The monoisotopic (exact) mass is 292 g/mol. The van der Waals surface area contributed by atoms with Crippen LogP contribution in [0, 0.1) is 11.8 Å². The fourth-order valence-electron chi connectivity index (χ4n) is 2.61. The molecule has 1 aromatic rings. The zero-order chi connectivity index (χ0) is 15.2. The molecule has 0 unspecified atom stereocenters. The second kappa shape index (κ2) is 7.06. The molecular formula is C15H20N2O4. The molecule has 1 aliphatic rings. The molecule has 6 heteroatoms. The number of amides is 1. The second-order valence-corrected chi connectivity index (χ2v) is 5.31. The van der Waals surface area contributed by atoms with Gasteiger partial charge in [0.2, 0.25) is 11.8 Å². The van der Waals surface area contributed by atoms with Gasteiger partial charge in [-0.3, -0.25) is 9.59 Å². The van der Waals surface area contributed by atoms with Gasteiger partial charge in [0.05, 0.1) is 13.0 Å². The lowest BCUT2D eigenvalue weighted by atomic mass is 9.81. The molecule has 2 rings (SSSR count). The van der Waals surface area contributed by atoms with E-state index in [1.54, 1.807) is 19.4 Å². The Morgan fingerprint density at radius 2 is 2.00 bits per heavy atom. The Bertz CT molecular complexity index is 510. The quantitative estimate of drug-likeness (QED) is 0.860. The van der Waals surface area contributed by atoms with Gasteiger partial charge < -0.3 is 15.2 Å². The second-order valence-electron chi connectivity index (χ2n) is 5.31. The lowest BCUT2D eigenvalue weighted by molar-refractivity contribution is -0.144. The summed E-state index contributed by atoms with van der Waals surface area (Å²) >= 11 is 0. The number of pyridine rings is 1. The first-order chi connectivity index (χ1) is 10.1. The Morgan fingerprint density at radius 3 is 2.62 bits per heavy atom. The first kappa shape index (κ1) is 15.3. The van der Waals surface area contributed by atoms with E-state index in [4.69, 9.17) is 9.84 Å². The van der Waals surface area contributed by atoms with Crippen molar-refractivity contribution in [3.8, 4) is 5.88 Å². The van der Waals surface area contributed by atoms with Gasteiger partial charge in [-0.1, -0.05) is 0 Å². The molecule has 0 atom stereocenters. The standard InChI is InChI=1S/C15H20N2O4/c1-21-13-8-10(6-7-16-13)9-17-14(18)11-2-4-12(5-3-11)15(19)20/h6-8,11-12H,2-5,9H2,1H3,(H,17,18)(H,19,20). The molecule has 0 bridgehead atoms. The average molecular weight is 292 g/mol. The van der Waals surface area contributed by atoms with Gasteiger partial charge in [0.15, 0.2) is 0 Å². The summed E-state index contributed by atoms with van der Waals surface area (Å²) in [5.41, 5.74) is 0.925. The van der Waals surface area contributed by atoms with Crippen LogP contribution in [0.2, 0.25) is 0 Å². The summed E-state index contributed by atoms with van der Waals surface area (Å²) in [5, 5.41) is 11.8. The Balaban J connectivity index is 1.81. The van der Waals surface area contributed by atoms with Crippen LogP contribution in [-0.4, -0.2) is 29.1 Å². The van der Waals surface area contributed by atoms with Crippen molar-refractivity contribution in [2.45, 2.75) is 32.2 Å². The fraction of sp³-hybridized carbons (Fsp3) is 0.533. The number of carboxylic acids is 1. The van der Waals surface area contributed by atoms with E-state index in [1.165, 1.54) is 0 Å². The first-order valence-corrected chi connectivity index (χ1v) is 7.09. The highest BCUT2D eigenvalue weighted by Crippen LogP contribution is 2.29. The van der Waals surface area contributed by atoms with Gasteiger partial charge in [0.25, 0.3) is 0 Å². The third-order valence-electron chi connectivity index (χ3n) is 3.92. The third-order valence-corrected chi connectivity index (χ3v) is 3.92. The lowest BCUT2D eigenvalue weighted by Crippen LogP contribution is -2.34. The lowest BCUT2D eigenvalue weighted by Gasteiger charge is -2.25. The number of methoxy groups -OCH3 is 1. The number of ether oxygens (including phenoxy) is 1. The van der Waals surface area contributed by atoms with E-state index in [2.05, 4.69) is 10.3 Å². The van der Waals surface area contributed by atoms with Crippen molar-refractivity contribution in [1.82, 2.24) is 10.3 Å². The molecule has 1 amide bonds. The molecule has 114 valence electrons. The number of nitrogens with one attached hydrogen (secondary N) is 1. The topological polar surface area (TPSA) is 88.5 Å². The van der Waals surface area contributed by atoms with Crippen LogP contribution in [0.15, 0.2) is 18.3 Å². The van der Waals surface area contributed by atoms with E-state index >= 15 is 0 Å². The zero-order valence-electron chi connectivity index (χ0n) is 12.0. The van der Waals surface area contributed by atoms with E-state index in [0.717, 1.165) is 5.56 Å². The summed E-state index contributed by atoms with van der Waals surface area (Å²) in [4.78, 5) is 27.0. The smallest absolute Gasteiger partial charge is 0.306 e. The molecule has 1 aromatic heterocycles. The number of hydrogen-bond donors (Lipinski definition) is 2. The van der Waals surface area contributed by atoms with Crippen molar-refractivity contribution in [2.75, 3.05) is 7.11 Å². The van der Waals surface area contributed by atoms with Gasteiger partial charge in [-0.05, 0) is 37.3 Å². The molecule has 6 nitrogen and oxygen atoms in total. The van der Waals surface area contributed by atoms with Gasteiger partial charge in [-0.15, -0.1) is 0 Å². The van der Waals surface area contributed by atoms with E-state index in [-0.39, 0.29) is 17.7 Å². The van der Waals surface area contributed by atoms with Crippen LogP contribution in [0.25, 0.3) is 0 Å². The molecule has 21 heavy (non-hydrogen) atoms. The number of hydrogen-bond acceptors (Lipinski definition) is 4. The van der Waals surface area contributed by atoms with Gasteiger partial charge in [0, 0.05) is 24.7 Å². The van der Waals surface area contributed by atoms with Crippen molar-refractivity contribution in [2.24, 2.45) is 11.8 Å². The predicted molar refractivity (Wildman–Crippen MR) is 75.7 cm³/mol. The zero-order valence-corrected chi connectivity index (χ0v) is 12.0. The van der Waals surface area contributed by atoms with Crippen LogP contribution in [0.1, 0.15) is 31.2 Å². The summed E-state index contributed by atoms with van der Waals surface area (Å²) in [5.74, 6) is -0.612. The molecule has 1 aliphatic carbocycles. The highest BCUT2D eigenvalue weighted by atomic mass is 16.5. The Kier molecular flexibility index (Phi) is 5.14. The maximum absolute atomic E-state index is 12.1. The minimum Gasteiger partial charge on any atom is -0.481 e. The van der Waals surface area contributed by atoms with Crippen molar-refractivity contribution in [3.05, 3.63) is 23.9 Å². The van der Waals surface area contributed by atoms with Gasteiger partial charge >= 0.3 is 5.97 Å². The molecule has 1 saturated carbocycles. The average Bonchev–Trinajstić information content (AvgIpc) is 2.53. The van der Waals surface area contributed by atoms with Crippen LogP contribution >= 0.6 is 0 Å². The molecule has 0 aliphatic heterocycles. The van der Waals surface area contributed by atoms with Crippen LogP contribution in [-0.2, 0) is 16.1 Å². The SMILES string of the molecule is COc1cc(CNC(=O)C2CCC(C(=O)O)CC2)ccn1. The number of carboxylic acid groups (broad SMARTS) is 1. The Hall–Kier alpha value is -2.11. The van der Waals surface area contributed by atoms with Crippen molar-refractivity contribution >= 4 is 11.9 Å². The van der Waals surface area contributed by atoms with E-state index < -0.39 is 5.97 Å². The van der Waals surface area contributed by atoms with Crippen LogP contribution in [0.3, 0.4) is 0 Å². The molecule has 1 heterocycles. The molecule has 2 N–H and O–H groups in total. The maximum atomic E-state index is 12.1. The summed E-state index contributed by atoms with van der Waals surface area (Å²) in [6.07, 6.45) is 4.08. The number of aliphatic carboxylic acids is 1. The van der Waals surface area contributed by atoms with Gasteiger partial charge in [-0.2, -0.15) is 0 Å². The van der Waals surface area contributed by atoms with Crippen LogP contribution in [0.4, 0.5) is 0 Å². The Morgan fingerprint density at radius 1 is 1.33 bits per heavy atom. The number of nitrogens with zero attached hydrogens (tertiary/aromatic N) is 1. The predicted octanol–water partition coefficient (Wildman–Crippen LogP) is 1.60. The molecule has 0 saturated heterocycles. The third kappa shape index (κ3) is 4.18. The van der Waals surface area contributed by atoms with Crippen molar-refractivity contribution < 1.29 is 19.4 Å². The summed E-state index contributed by atoms with van der Waals surface area (Å²) < 4.78 is 5.03.